The minimum Gasteiger partial charge on any atom is -0.316 e. The molecule has 1 atom stereocenters. The van der Waals surface area contributed by atoms with Gasteiger partial charge in [-0.1, -0.05) is 48.0 Å². The Hall–Kier alpha value is -0.340. The fraction of sp³-hybridized carbons (Fsp3) is 0.538. The quantitative estimate of drug-likeness (QED) is 0.867. The molecule has 1 aliphatic rings. The third kappa shape index (κ3) is 1.85. The number of hydrogen-bond acceptors (Lipinski definition) is 1. The van der Waals surface area contributed by atoms with E-state index in [4.69, 9.17) is 0 Å². The van der Waals surface area contributed by atoms with Crippen LogP contribution in [-0.4, -0.2) is 13.1 Å². The van der Waals surface area contributed by atoms with Crippen LogP contribution >= 0.6 is 15.9 Å². The van der Waals surface area contributed by atoms with Gasteiger partial charge in [-0.05, 0) is 30.5 Å². The molecule has 0 bridgehead atoms. The van der Waals surface area contributed by atoms with E-state index in [-0.39, 0.29) is 0 Å². The summed E-state index contributed by atoms with van der Waals surface area (Å²) in [6, 6.07) is 8.64. The lowest BCUT2D eigenvalue weighted by Gasteiger charge is -2.34. The zero-order valence-electron chi connectivity index (χ0n) is 9.39. The van der Waals surface area contributed by atoms with Crippen molar-refractivity contribution in [3.8, 4) is 0 Å². The first-order chi connectivity index (χ1) is 7.17. The van der Waals surface area contributed by atoms with Crippen LogP contribution in [0.3, 0.4) is 0 Å². The molecule has 0 saturated carbocycles. The molecule has 0 radical (unpaired) electrons. The Kier molecular flexibility index (Phi) is 3.17. The van der Waals surface area contributed by atoms with Crippen molar-refractivity contribution in [2.24, 2.45) is 5.92 Å². The van der Waals surface area contributed by atoms with Gasteiger partial charge in [0, 0.05) is 16.4 Å². The van der Waals surface area contributed by atoms with Gasteiger partial charge in [0.1, 0.15) is 0 Å². The lowest BCUT2D eigenvalue weighted by Crippen LogP contribution is -2.35. The maximum Gasteiger partial charge on any atom is 0.0213 e. The third-order valence-corrected chi connectivity index (χ3v) is 4.40. The van der Waals surface area contributed by atoms with Crippen molar-refractivity contribution >= 4 is 15.9 Å². The highest BCUT2D eigenvalue weighted by Crippen LogP contribution is 2.41. The van der Waals surface area contributed by atoms with Crippen molar-refractivity contribution in [3.05, 3.63) is 34.3 Å². The molecule has 1 saturated heterocycles. The van der Waals surface area contributed by atoms with Crippen LogP contribution in [0.15, 0.2) is 28.7 Å². The third-order valence-electron chi connectivity index (χ3n) is 3.70. The smallest absolute Gasteiger partial charge is 0.0213 e. The van der Waals surface area contributed by atoms with Gasteiger partial charge in [-0.3, -0.25) is 0 Å². The van der Waals surface area contributed by atoms with Crippen molar-refractivity contribution in [2.45, 2.75) is 25.7 Å². The summed E-state index contributed by atoms with van der Waals surface area (Å²) in [6.45, 7) is 6.89. The Balaban J connectivity index is 2.46. The molecular weight excluding hydrogens is 250 g/mol. The molecule has 0 spiro atoms. The molecule has 0 aliphatic carbocycles. The van der Waals surface area contributed by atoms with E-state index in [9.17, 15) is 0 Å². The highest BCUT2D eigenvalue weighted by molar-refractivity contribution is 9.10. The molecular formula is C13H18BrN. The molecule has 1 N–H and O–H groups in total. The molecule has 2 rings (SSSR count). The monoisotopic (exact) mass is 267 g/mol. The first-order valence-corrected chi connectivity index (χ1v) is 6.42. The standard InChI is InChI=1S/C13H18BrN/c1-10(2)13(7-8-15-9-13)11-5-3-4-6-12(11)14/h3-6,10,15H,7-9H2,1-2H3. The summed E-state index contributed by atoms with van der Waals surface area (Å²) in [5.41, 5.74) is 1.78. The lowest BCUT2D eigenvalue weighted by atomic mass is 9.71. The largest absolute Gasteiger partial charge is 0.316 e. The van der Waals surface area contributed by atoms with Crippen molar-refractivity contribution in [1.29, 1.82) is 0 Å². The molecule has 1 aliphatic heterocycles. The van der Waals surface area contributed by atoms with Crippen LogP contribution in [0.5, 0.6) is 0 Å². The zero-order valence-corrected chi connectivity index (χ0v) is 11.0. The van der Waals surface area contributed by atoms with Gasteiger partial charge in [0.15, 0.2) is 0 Å². The molecule has 82 valence electrons. The van der Waals surface area contributed by atoms with Gasteiger partial charge < -0.3 is 5.32 Å². The Bertz CT molecular complexity index is 340. The maximum atomic E-state index is 3.68. The fourth-order valence-electron chi connectivity index (χ4n) is 2.61. The van der Waals surface area contributed by atoms with E-state index in [2.05, 4.69) is 59.4 Å². The van der Waals surface area contributed by atoms with Crippen LogP contribution in [0.1, 0.15) is 25.8 Å². The summed E-state index contributed by atoms with van der Waals surface area (Å²) in [4.78, 5) is 0. The van der Waals surface area contributed by atoms with Gasteiger partial charge in [0.2, 0.25) is 0 Å². The fourth-order valence-corrected chi connectivity index (χ4v) is 3.29. The summed E-state index contributed by atoms with van der Waals surface area (Å²) in [6.07, 6.45) is 1.24. The number of rotatable bonds is 2. The van der Waals surface area contributed by atoms with Gasteiger partial charge in [0.25, 0.3) is 0 Å². The number of nitrogens with one attached hydrogen (secondary N) is 1. The second-order valence-electron chi connectivity index (χ2n) is 4.72. The van der Waals surface area contributed by atoms with Gasteiger partial charge in [0.05, 0.1) is 0 Å². The maximum absolute atomic E-state index is 3.68. The molecule has 1 fully saturated rings. The van der Waals surface area contributed by atoms with E-state index in [1.807, 2.05) is 0 Å². The summed E-state index contributed by atoms with van der Waals surface area (Å²) >= 11 is 3.68. The summed E-state index contributed by atoms with van der Waals surface area (Å²) < 4.78 is 1.25. The molecule has 1 unspecified atom stereocenters. The van der Waals surface area contributed by atoms with Crippen molar-refractivity contribution in [3.63, 3.8) is 0 Å². The van der Waals surface area contributed by atoms with Crippen LogP contribution < -0.4 is 5.32 Å². The van der Waals surface area contributed by atoms with E-state index in [1.165, 1.54) is 16.5 Å². The van der Waals surface area contributed by atoms with Gasteiger partial charge in [-0.15, -0.1) is 0 Å². The minimum atomic E-state index is 0.320. The normalized spacial score (nSPS) is 26.1. The predicted molar refractivity (Wildman–Crippen MR) is 68.1 cm³/mol. The molecule has 1 aromatic carbocycles. The first-order valence-electron chi connectivity index (χ1n) is 5.62. The molecule has 15 heavy (non-hydrogen) atoms. The summed E-state index contributed by atoms with van der Waals surface area (Å²) in [5.74, 6) is 0.672. The highest BCUT2D eigenvalue weighted by Gasteiger charge is 2.39. The second-order valence-corrected chi connectivity index (χ2v) is 5.57. The van der Waals surface area contributed by atoms with Crippen LogP contribution in [0.2, 0.25) is 0 Å². The summed E-state index contributed by atoms with van der Waals surface area (Å²) in [5, 5.41) is 3.50. The van der Waals surface area contributed by atoms with Crippen LogP contribution in [0, 0.1) is 5.92 Å². The zero-order chi connectivity index (χ0) is 10.9. The average molecular weight is 268 g/mol. The van der Waals surface area contributed by atoms with Crippen LogP contribution in [0.4, 0.5) is 0 Å². The van der Waals surface area contributed by atoms with E-state index in [0.717, 1.165) is 13.1 Å². The number of halogens is 1. The summed E-state index contributed by atoms with van der Waals surface area (Å²) in [7, 11) is 0. The topological polar surface area (TPSA) is 12.0 Å². The van der Waals surface area contributed by atoms with Crippen molar-refractivity contribution in [2.75, 3.05) is 13.1 Å². The van der Waals surface area contributed by atoms with E-state index in [0.29, 0.717) is 11.3 Å². The van der Waals surface area contributed by atoms with Crippen molar-refractivity contribution in [1.82, 2.24) is 5.32 Å². The predicted octanol–water partition coefficient (Wildman–Crippen LogP) is 3.34. The van der Waals surface area contributed by atoms with E-state index >= 15 is 0 Å². The average Bonchev–Trinajstić information content (AvgIpc) is 2.68. The second kappa shape index (κ2) is 4.26. The van der Waals surface area contributed by atoms with Gasteiger partial charge in [-0.2, -0.15) is 0 Å². The molecule has 1 aromatic rings. The van der Waals surface area contributed by atoms with Crippen LogP contribution in [0.25, 0.3) is 0 Å². The van der Waals surface area contributed by atoms with Gasteiger partial charge in [-0.25, -0.2) is 0 Å². The van der Waals surface area contributed by atoms with E-state index < -0.39 is 0 Å². The molecule has 2 heteroatoms. The first kappa shape index (κ1) is 11.2. The Labute approximate surface area is 100 Å². The molecule has 1 nitrogen and oxygen atoms in total. The van der Waals surface area contributed by atoms with E-state index in [1.54, 1.807) is 0 Å². The number of benzene rings is 1. The SMILES string of the molecule is CC(C)C1(c2ccccc2Br)CCNC1. The minimum absolute atomic E-state index is 0.320. The molecule has 1 heterocycles. The highest BCUT2D eigenvalue weighted by atomic mass is 79.9. The van der Waals surface area contributed by atoms with Crippen LogP contribution in [-0.2, 0) is 5.41 Å². The number of hydrogen-bond donors (Lipinski definition) is 1. The Morgan fingerprint density at radius 2 is 2.07 bits per heavy atom. The molecule has 0 aromatic heterocycles. The Morgan fingerprint density at radius 3 is 2.60 bits per heavy atom. The van der Waals surface area contributed by atoms with Gasteiger partial charge >= 0.3 is 0 Å². The van der Waals surface area contributed by atoms with Crippen molar-refractivity contribution < 1.29 is 0 Å². The molecule has 0 amide bonds. The Morgan fingerprint density at radius 1 is 1.33 bits per heavy atom. The lowest BCUT2D eigenvalue weighted by molar-refractivity contribution is 0.335.